The number of hydrogen-bond acceptors (Lipinski definition) is 4. The number of likely N-dealkylation sites (tertiary alicyclic amines) is 1. The Morgan fingerprint density at radius 2 is 2.29 bits per heavy atom. The predicted molar refractivity (Wildman–Crippen MR) is 63.4 cm³/mol. The van der Waals surface area contributed by atoms with E-state index in [4.69, 9.17) is 4.74 Å². The van der Waals surface area contributed by atoms with Crippen LogP contribution in [0.3, 0.4) is 0 Å². The van der Waals surface area contributed by atoms with Crippen molar-refractivity contribution in [3.63, 3.8) is 0 Å². The molecule has 2 aliphatic heterocycles. The molecule has 17 heavy (non-hydrogen) atoms. The number of aliphatic hydroxyl groups excluding tert-OH is 1. The first-order chi connectivity index (χ1) is 8.27. The van der Waals surface area contributed by atoms with Crippen LogP contribution in [0.15, 0.2) is 0 Å². The van der Waals surface area contributed by atoms with E-state index in [0.29, 0.717) is 6.61 Å². The molecule has 0 aromatic heterocycles. The van der Waals surface area contributed by atoms with Crippen molar-refractivity contribution in [1.29, 1.82) is 0 Å². The molecule has 0 spiro atoms. The summed E-state index contributed by atoms with van der Waals surface area (Å²) < 4.78 is 5.21. The molecule has 2 atom stereocenters. The van der Waals surface area contributed by atoms with E-state index in [1.165, 1.54) is 6.42 Å². The minimum absolute atomic E-state index is 0.0141. The van der Waals surface area contributed by atoms with Gasteiger partial charge in [-0.25, -0.2) is 0 Å². The fraction of sp³-hybridized carbons (Fsp3) is 0.917. The Labute approximate surface area is 102 Å². The van der Waals surface area contributed by atoms with Gasteiger partial charge in [-0.3, -0.25) is 9.69 Å². The standard InChI is InChI=1S/C12H22N2O3/c1-2-13-6-4-3-5-11(13)14-10(7-15)8-17-9-12(14)16/h10-11,15H,2-9H2,1H3. The summed E-state index contributed by atoms with van der Waals surface area (Å²) in [7, 11) is 0. The van der Waals surface area contributed by atoms with Crippen molar-refractivity contribution < 1.29 is 14.6 Å². The molecule has 2 saturated heterocycles. The van der Waals surface area contributed by atoms with Crippen LogP contribution in [0.4, 0.5) is 0 Å². The van der Waals surface area contributed by atoms with Crippen molar-refractivity contribution in [1.82, 2.24) is 9.80 Å². The van der Waals surface area contributed by atoms with Crippen molar-refractivity contribution >= 4 is 5.91 Å². The molecule has 1 N–H and O–H groups in total. The average molecular weight is 242 g/mol. The van der Waals surface area contributed by atoms with Gasteiger partial charge in [-0.15, -0.1) is 0 Å². The topological polar surface area (TPSA) is 53.0 Å². The number of morpholine rings is 1. The van der Waals surface area contributed by atoms with E-state index in [-0.39, 0.29) is 31.3 Å². The highest BCUT2D eigenvalue weighted by Crippen LogP contribution is 2.23. The number of aliphatic hydroxyl groups is 1. The Bertz CT molecular complexity index is 272. The maximum absolute atomic E-state index is 12.0. The van der Waals surface area contributed by atoms with Gasteiger partial charge in [-0.2, -0.15) is 0 Å². The van der Waals surface area contributed by atoms with Gasteiger partial charge >= 0.3 is 0 Å². The number of piperidine rings is 1. The second-order valence-electron chi connectivity index (χ2n) is 4.76. The number of rotatable bonds is 3. The Morgan fingerprint density at radius 3 is 3.00 bits per heavy atom. The molecule has 0 saturated carbocycles. The lowest BCUT2D eigenvalue weighted by Gasteiger charge is -2.46. The number of carbonyl (C=O) groups is 1. The molecule has 5 heteroatoms. The molecule has 0 aromatic rings. The number of amides is 1. The van der Waals surface area contributed by atoms with Crippen LogP contribution in [-0.2, 0) is 9.53 Å². The molecule has 0 radical (unpaired) electrons. The third-order valence-electron chi connectivity index (χ3n) is 3.73. The first-order valence-corrected chi connectivity index (χ1v) is 6.51. The Balaban J connectivity index is 2.12. The molecule has 2 unspecified atom stereocenters. The first kappa shape index (κ1) is 12.8. The smallest absolute Gasteiger partial charge is 0.250 e. The second-order valence-corrected chi connectivity index (χ2v) is 4.76. The van der Waals surface area contributed by atoms with Crippen LogP contribution < -0.4 is 0 Å². The summed E-state index contributed by atoms with van der Waals surface area (Å²) in [6.45, 7) is 4.72. The van der Waals surface area contributed by atoms with Crippen LogP contribution in [0.1, 0.15) is 26.2 Å². The third-order valence-corrected chi connectivity index (χ3v) is 3.73. The molecule has 98 valence electrons. The molecule has 5 nitrogen and oxygen atoms in total. The van der Waals surface area contributed by atoms with E-state index >= 15 is 0 Å². The van der Waals surface area contributed by atoms with Crippen molar-refractivity contribution in [2.45, 2.75) is 38.4 Å². The Kier molecular flexibility index (Phi) is 4.36. The summed E-state index contributed by atoms with van der Waals surface area (Å²) in [4.78, 5) is 16.2. The molecule has 1 amide bonds. The maximum Gasteiger partial charge on any atom is 0.250 e. The fourth-order valence-electron chi connectivity index (χ4n) is 2.85. The molecule has 2 rings (SSSR count). The first-order valence-electron chi connectivity index (χ1n) is 6.51. The Hall–Kier alpha value is -0.650. The molecule has 0 aromatic carbocycles. The van der Waals surface area contributed by atoms with Crippen molar-refractivity contribution in [3.05, 3.63) is 0 Å². The van der Waals surface area contributed by atoms with E-state index in [2.05, 4.69) is 11.8 Å². The summed E-state index contributed by atoms with van der Waals surface area (Å²) >= 11 is 0. The second kappa shape index (κ2) is 5.80. The van der Waals surface area contributed by atoms with Crippen LogP contribution in [-0.4, -0.2) is 65.9 Å². The highest BCUT2D eigenvalue weighted by Gasteiger charge is 2.37. The average Bonchev–Trinajstić information content (AvgIpc) is 2.38. The summed E-state index contributed by atoms with van der Waals surface area (Å²) in [5.74, 6) is 0.0145. The van der Waals surface area contributed by atoms with Crippen LogP contribution in [0, 0.1) is 0 Å². The molecular weight excluding hydrogens is 220 g/mol. The largest absolute Gasteiger partial charge is 0.394 e. The Morgan fingerprint density at radius 1 is 1.47 bits per heavy atom. The van der Waals surface area contributed by atoms with Crippen LogP contribution in [0.2, 0.25) is 0 Å². The van der Waals surface area contributed by atoms with Gasteiger partial charge in [0.05, 0.1) is 25.4 Å². The normalized spacial score (nSPS) is 31.9. The van der Waals surface area contributed by atoms with Gasteiger partial charge in [0, 0.05) is 6.54 Å². The summed E-state index contributed by atoms with van der Waals surface area (Å²) in [5, 5.41) is 9.38. The van der Waals surface area contributed by atoms with E-state index < -0.39 is 0 Å². The van der Waals surface area contributed by atoms with E-state index in [9.17, 15) is 9.90 Å². The third kappa shape index (κ3) is 2.61. The van der Waals surface area contributed by atoms with Gasteiger partial charge in [0.1, 0.15) is 6.61 Å². The SMILES string of the molecule is CCN1CCCCC1N1C(=O)COCC1CO. The van der Waals surface area contributed by atoms with E-state index in [1.807, 2.05) is 4.90 Å². The highest BCUT2D eigenvalue weighted by molar-refractivity contribution is 5.78. The van der Waals surface area contributed by atoms with Gasteiger partial charge in [0.15, 0.2) is 0 Å². The van der Waals surface area contributed by atoms with Crippen molar-refractivity contribution in [3.8, 4) is 0 Å². The predicted octanol–water partition coefficient (Wildman–Crippen LogP) is 0.0380. The summed E-state index contributed by atoms with van der Waals surface area (Å²) in [6.07, 6.45) is 3.52. The lowest BCUT2D eigenvalue weighted by Crippen LogP contribution is -2.61. The number of hydrogen-bond donors (Lipinski definition) is 1. The zero-order valence-electron chi connectivity index (χ0n) is 10.5. The quantitative estimate of drug-likeness (QED) is 0.759. The highest BCUT2D eigenvalue weighted by atomic mass is 16.5. The van der Waals surface area contributed by atoms with Gasteiger partial charge in [-0.1, -0.05) is 6.92 Å². The molecule has 0 bridgehead atoms. The van der Waals surface area contributed by atoms with Crippen molar-refractivity contribution in [2.24, 2.45) is 0 Å². The number of carbonyl (C=O) groups excluding carboxylic acids is 1. The molecule has 2 heterocycles. The van der Waals surface area contributed by atoms with E-state index in [1.54, 1.807) is 0 Å². The van der Waals surface area contributed by atoms with Gasteiger partial charge in [0.25, 0.3) is 0 Å². The van der Waals surface area contributed by atoms with Crippen LogP contribution in [0.5, 0.6) is 0 Å². The van der Waals surface area contributed by atoms with Crippen LogP contribution >= 0.6 is 0 Å². The summed E-state index contributed by atoms with van der Waals surface area (Å²) in [5.41, 5.74) is 0. The minimum atomic E-state index is -0.173. The monoisotopic (exact) mass is 242 g/mol. The molecule has 0 aliphatic carbocycles. The summed E-state index contributed by atoms with van der Waals surface area (Å²) in [6, 6.07) is -0.173. The lowest BCUT2D eigenvalue weighted by molar-refractivity contribution is -0.163. The zero-order chi connectivity index (χ0) is 12.3. The number of ether oxygens (including phenoxy) is 1. The minimum Gasteiger partial charge on any atom is -0.394 e. The maximum atomic E-state index is 12.0. The lowest BCUT2D eigenvalue weighted by atomic mass is 10.0. The van der Waals surface area contributed by atoms with Crippen molar-refractivity contribution in [2.75, 3.05) is 32.9 Å². The van der Waals surface area contributed by atoms with Gasteiger partial charge in [-0.05, 0) is 25.8 Å². The zero-order valence-corrected chi connectivity index (χ0v) is 10.5. The molecule has 2 fully saturated rings. The fourth-order valence-corrected chi connectivity index (χ4v) is 2.85. The number of nitrogens with zero attached hydrogens (tertiary/aromatic N) is 2. The molecular formula is C12H22N2O3. The van der Waals surface area contributed by atoms with Crippen LogP contribution in [0.25, 0.3) is 0 Å². The van der Waals surface area contributed by atoms with E-state index in [0.717, 1.165) is 25.9 Å². The van der Waals surface area contributed by atoms with Gasteiger partial charge < -0.3 is 14.7 Å². The molecule has 2 aliphatic rings. The van der Waals surface area contributed by atoms with Gasteiger partial charge in [0.2, 0.25) is 5.91 Å².